The van der Waals surface area contributed by atoms with Gasteiger partial charge in [0.2, 0.25) is 0 Å². The minimum Gasteiger partial charge on any atom is -0.494 e. The summed E-state index contributed by atoms with van der Waals surface area (Å²) < 4.78 is 10.7. The van der Waals surface area contributed by atoms with Crippen LogP contribution in [-0.2, 0) is 11.3 Å². The molecule has 1 unspecified atom stereocenters. The molecule has 1 atom stereocenters. The summed E-state index contributed by atoms with van der Waals surface area (Å²) in [5, 5.41) is 4.43. The number of halogens is 2. The molecule has 1 aromatic carbocycles. The van der Waals surface area contributed by atoms with Gasteiger partial charge >= 0.3 is 0 Å². The molecule has 1 aliphatic rings. The monoisotopic (exact) mass is 289 g/mol. The van der Waals surface area contributed by atoms with Gasteiger partial charge in [-0.3, -0.25) is 0 Å². The first-order valence-electron chi connectivity index (χ1n) is 6.05. The summed E-state index contributed by atoms with van der Waals surface area (Å²) in [5.74, 6) is 0.529. The van der Waals surface area contributed by atoms with E-state index in [1.165, 1.54) is 0 Å². The third kappa shape index (κ3) is 3.51. The van der Waals surface area contributed by atoms with Crippen molar-refractivity contribution >= 4 is 23.2 Å². The summed E-state index contributed by atoms with van der Waals surface area (Å²) in [4.78, 5) is 0. The maximum atomic E-state index is 6.08. The number of nitrogens with one attached hydrogen (secondary N) is 1. The summed E-state index contributed by atoms with van der Waals surface area (Å²) >= 11 is 12.2. The van der Waals surface area contributed by atoms with Crippen LogP contribution in [0.15, 0.2) is 12.1 Å². The maximum Gasteiger partial charge on any atom is 0.156 e. The SMILES string of the molecule is COc1c(Cl)cc(CNCC2CCCO2)cc1Cl. The normalized spacial score (nSPS) is 19.2. The molecule has 1 heterocycles. The van der Waals surface area contributed by atoms with Crippen LogP contribution in [0.25, 0.3) is 0 Å². The molecule has 0 radical (unpaired) electrons. The Morgan fingerprint density at radius 2 is 2.11 bits per heavy atom. The quantitative estimate of drug-likeness (QED) is 0.902. The zero-order valence-corrected chi connectivity index (χ0v) is 11.9. The third-order valence-corrected chi connectivity index (χ3v) is 3.55. The molecule has 2 rings (SSSR count). The molecule has 1 fully saturated rings. The van der Waals surface area contributed by atoms with Crippen molar-refractivity contribution in [1.82, 2.24) is 5.32 Å². The van der Waals surface area contributed by atoms with Gasteiger partial charge in [0.1, 0.15) is 0 Å². The highest BCUT2D eigenvalue weighted by molar-refractivity contribution is 6.37. The van der Waals surface area contributed by atoms with Crippen molar-refractivity contribution in [2.24, 2.45) is 0 Å². The molecule has 1 N–H and O–H groups in total. The van der Waals surface area contributed by atoms with Gasteiger partial charge in [-0.1, -0.05) is 23.2 Å². The molecule has 100 valence electrons. The molecular weight excluding hydrogens is 273 g/mol. The van der Waals surface area contributed by atoms with Crippen LogP contribution in [0.2, 0.25) is 10.0 Å². The second kappa shape index (κ2) is 6.62. The summed E-state index contributed by atoms with van der Waals surface area (Å²) in [6.07, 6.45) is 2.64. The van der Waals surface area contributed by atoms with Crippen molar-refractivity contribution in [3.05, 3.63) is 27.7 Å². The molecule has 0 bridgehead atoms. The van der Waals surface area contributed by atoms with E-state index in [9.17, 15) is 0 Å². The van der Waals surface area contributed by atoms with Crippen LogP contribution < -0.4 is 10.1 Å². The van der Waals surface area contributed by atoms with Crippen molar-refractivity contribution in [3.63, 3.8) is 0 Å². The van der Waals surface area contributed by atoms with Gasteiger partial charge in [0, 0.05) is 19.7 Å². The Hall–Kier alpha value is -0.480. The average molecular weight is 290 g/mol. The highest BCUT2D eigenvalue weighted by atomic mass is 35.5. The Balaban J connectivity index is 1.89. The van der Waals surface area contributed by atoms with E-state index in [0.29, 0.717) is 21.9 Å². The van der Waals surface area contributed by atoms with Gasteiger partial charge in [-0.15, -0.1) is 0 Å². The second-order valence-electron chi connectivity index (χ2n) is 4.36. The van der Waals surface area contributed by atoms with E-state index >= 15 is 0 Å². The zero-order valence-electron chi connectivity index (χ0n) is 10.3. The summed E-state index contributed by atoms with van der Waals surface area (Å²) in [6, 6.07) is 3.74. The van der Waals surface area contributed by atoms with Gasteiger partial charge in [0.25, 0.3) is 0 Å². The largest absolute Gasteiger partial charge is 0.494 e. The van der Waals surface area contributed by atoms with Crippen molar-refractivity contribution in [3.8, 4) is 5.75 Å². The Morgan fingerprint density at radius 1 is 1.39 bits per heavy atom. The summed E-state index contributed by atoms with van der Waals surface area (Å²) in [5.41, 5.74) is 1.05. The van der Waals surface area contributed by atoms with Gasteiger partial charge in [-0.2, -0.15) is 0 Å². The molecule has 3 nitrogen and oxygen atoms in total. The molecule has 1 aliphatic heterocycles. The average Bonchev–Trinajstić information content (AvgIpc) is 2.82. The molecular formula is C13H17Cl2NO2. The van der Waals surface area contributed by atoms with Crippen LogP contribution in [0, 0.1) is 0 Å². The molecule has 1 saturated heterocycles. The van der Waals surface area contributed by atoms with Crippen LogP contribution in [0.1, 0.15) is 18.4 Å². The van der Waals surface area contributed by atoms with Gasteiger partial charge < -0.3 is 14.8 Å². The van der Waals surface area contributed by atoms with Crippen LogP contribution in [-0.4, -0.2) is 26.4 Å². The standard InChI is InChI=1S/C13H17Cl2NO2/c1-17-13-11(14)5-9(6-12(13)15)7-16-8-10-3-2-4-18-10/h5-6,10,16H,2-4,7-8H2,1H3. The minimum absolute atomic E-state index is 0.342. The Labute approximate surface area is 117 Å². The fraction of sp³-hybridized carbons (Fsp3) is 0.538. The van der Waals surface area contributed by atoms with Crippen molar-refractivity contribution in [1.29, 1.82) is 0 Å². The Morgan fingerprint density at radius 3 is 2.67 bits per heavy atom. The predicted molar refractivity (Wildman–Crippen MR) is 73.7 cm³/mol. The van der Waals surface area contributed by atoms with Crippen molar-refractivity contribution in [2.45, 2.75) is 25.5 Å². The molecule has 0 aromatic heterocycles. The maximum absolute atomic E-state index is 6.08. The topological polar surface area (TPSA) is 30.5 Å². The molecule has 18 heavy (non-hydrogen) atoms. The summed E-state index contributed by atoms with van der Waals surface area (Å²) in [6.45, 7) is 2.47. The van der Waals surface area contributed by atoms with Crippen molar-refractivity contribution < 1.29 is 9.47 Å². The highest BCUT2D eigenvalue weighted by Gasteiger charge is 2.15. The van der Waals surface area contributed by atoms with E-state index in [2.05, 4.69) is 5.32 Å². The minimum atomic E-state index is 0.342. The van der Waals surface area contributed by atoms with Crippen LogP contribution in [0.3, 0.4) is 0 Å². The molecule has 0 amide bonds. The van der Waals surface area contributed by atoms with Crippen LogP contribution in [0.5, 0.6) is 5.75 Å². The Bertz CT molecular complexity index is 383. The predicted octanol–water partition coefficient (Wildman–Crippen LogP) is 3.27. The van der Waals surface area contributed by atoms with Gasteiger partial charge in [-0.05, 0) is 30.5 Å². The van der Waals surface area contributed by atoms with Gasteiger partial charge in [0.05, 0.1) is 23.3 Å². The molecule has 1 aromatic rings. The van der Waals surface area contributed by atoms with E-state index in [-0.39, 0.29) is 0 Å². The molecule has 0 aliphatic carbocycles. The fourth-order valence-corrected chi connectivity index (χ4v) is 2.78. The first-order chi connectivity index (χ1) is 8.70. The van der Waals surface area contributed by atoms with Crippen molar-refractivity contribution in [2.75, 3.05) is 20.3 Å². The highest BCUT2D eigenvalue weighted by Crippen LogP contribution is 2.33. The van der Waals surface area contributed by atoms with E-state index in [4.69, 9.17) is 32.7 Å². The number of benzene rings is 1. The lowest BCUT2D eigenvalue weighted by Crippen LogP contribution is -2.25. The Kier molecular flexibility index (Phi) is 5.13. The van der Waals surface area contributed by atoms with Crippen LogP contribution >= 0.6 is 23.2 Å². The molecule has 0 spiro atoms. The fourth-order valence-electron chi connectivity index (χ4n) is 2.09. The van der Waals surface area contributed by atoms with E-state index in [0.717, 1.165) is 38.1 Å². The third-order valence-electron chi connectivity index (χ3n) is 2.99. The number of methoxy groups -OCH3 is 1. The smallest absolute Gasteiger partial charge is 0.156 e. The van der Waals surface area contributed by atoms with Gasteiger partial charge in [0.15, 0.2) is 5.75 Å². The van der Waals surface area contributed by atoms with Gasteiger partial charge in [-0.25, -0.2) is 0 Å². The number of hydrogen-bond donors (Lipinski definition) is 1. The van der Waals surface area contributed by atoms with E-state index < -0.39 is 0 Å². The van der Waals surface area contributed by atoms with Crippen LogP contribution in [0.4, 0.5) is 0 Å². The zero-order chi connectivity index (χ0) is 13.0. The number of ether oxygens (including phenoxy) is 2. The lowest BCUT2D eigenvalue weighted by atomic mass is 10.2. The molecule has 0 saturated carbocycles. The lowest BCUT2D eigenvalue weighted by molar-refractivity contribution is 0.110. The molecule has 5 heteroatoms. The first kappa shape index (κ1) is 13.9. The summed E-state index contributed by atoms with van der Waals surface area (Å²) in [7, 11) is 1.56. The van der Waals surface area contributed by atoms with E-state index in [1.54, 1.807) is 7.11 Å². The number of hydrogen-bond acceptors (Lipinski definition) is 3. The first-order valence-corrected chi connectivity index (χ1v) is 6.80. The van der Waals surface area contributed by atoms with E-state index in [1.807, 2.05) is 12.1 Å². The lowest BCUT2D eigenvalue weighted by Gasteiger charge is -2.12. The second-order valence-corrected chi connectivity index (χ2v) is 5.17. The number of rotatable bonds is 5.